The quantitative estimate of drug-likeness (QED) is 0.839. The third-order valence-electron chi connectivity index (χ3n) is 3.09. The van der Waals surface area contributed by atoms with Crippen molar-refractivity contribution in [2.75, 3.05) is 18.0 Å². The number of benzene rings is 1. The number of rotatable bonds is 3. The lowest BCUT2D eigenvalue weighted by molar-refractivity contribution is 0.447. The predicted molar refractivity (Wildman–Crippen MR) is 65.2 cm³/mol. The summed E-state index contributed by atoms with van der Waals surface area (Å²) in [6, 6.07) is 2.78. The van der Waals surface area contributed by atoms with Crippen molar-refractivity contribution in [2.45, 2.75) is 32.4 Å². The smallest absolute Gasteiger partial charge is 0.194 e. The van der Waals surface area contributed by atoms with E-state index in [1.165, 1.54) is 0 Å². The third kappa shape index (κ3) is 2.77. The maximum Gasteiger partial charge on any atom is 0.194 e. The monoisotopic (exact) mass is 258 g/mol. The van der Waals surface area contributed by atoms with E-state index in [1.54, 1.807) is 0 Å². The van der Waals surface area contributed by atoms with Crippen LogP contribution in [-0.4, -0.2) is 25.2 Å². The summed E-state index contributed by atoms with van der Waals surface area (Å²) >= 11 is 0. The van der Waals surface area contributed by atoms with Crippen LogP contribution in [0.15, 0.2) is 12.1 Å². The van der Waals surface area contributed by atoms with E-state index in [1.807, 2.05) is 4.90 Å². The highest BCUT2D eigenvalue weighted by Crippen LogP contribution is 2.24. The summed E-state index contributed by atoms with van der Waals surface area (Å²) in [7, 11) is 0. The highest BCUT2D eigenvalue weighted by atomic mass is 19.2. The first-order valence-electron chi connectivity index (χ1n) is 6.13. The summed E-state index contributed by atoms with van der Waals surface area (Å²) in [5, 5.41) is 3.38. The van der Waals surface area contributed by atoms with E-state index in [4.69, 9.17) is 0 Å². The van der Waals surface area contributed by atoms with Gasteiger partial charge >= 0.3 is 0 Å². The zero-order chi connectivity index (χ0) is 13.3. The zero-order valence-electron chi connectivity index (χ0n) is 10.5. The fourth-order valence-corrected chi connectivity index (χ4v) is 2.33. The molecular formula is C13H17F3N2. The summed E-state index contributed by atoms with van der Waals surface area (Å²) < 4.78 is 39.2. The molecule has 2 rings (SSSR count). The van der Waals surface area contributed by atoms with Crippen LogP contribution in [0.4, 0.5) is 18.9 Å². The molecule has 0 spiro atoms. The molecule has 1 aromatic rings. The normalized spacial score (nSPS) is 19.9. The number of hydrogen-bond acceptors (Lipinski definition) is 2. The Balaban J connectivity index is 2.10. The number of halogens is 3. The van der Waals surface area contributed by atoms with E-state index < -0.39 is 17.5 Å². The third-order valence-corrected chi connectivity index (χ3v) is 3.09. The van der Waals surface area contributed by atoms with Crippen LogP contribution in [-0.2, 0) is 0 Å². The molecule has 1 atom stereocenters. The molecule has 0 aromatic heterocycles. The zero-order valence-corrected chi connectivity index (χ0v) is 10.5. The maximum atomic E-state index is 13.1. The Kier molecular flexibility index (Phi) is 3.80. The molecule has 5 heteroatoms. The summed E-state index contributed by atoms with van der Waals surface area (Å²) in [6.45, 7) is 5.51. The predicted octanol–water partition coefficient (Wildman–Crippen LogP) is 2.68. The summed E-state index contributed by atoms with van der Waals surface area (Å²) in [5.74, 6) is -3.68. The SMILES string of the molecule is CC(C)NC1CCN(c2cc(F)c(F)c(F)c2)C1. The first kappa shape index (κ1) is 13.2. The van der Waals surface area contributed by atoms with E-state index in [0.717, 1.165) is 25.1 Å². The van der Waals surface area contributed by atoms with Gasteiger partial charge in [-0.25, -0.2) is 13.2 Å². The topological polar surface area (TPSA) is 15.3 Å². The van der Waals surface area contributed by atoms with Crippen LogP contribution >= 0.6 is 0 Å². The minimum atomic E-state index is -1.41. The summed E-state index contributed by atoms with van der Waals surface area (Å²) in [5.41, 5.74) is 0.402. The van der Waals surface area contributed by atoms with Crippen molar-refractivity contribution in [1.82, 2.24) is 5.32 Å². The van der Waals surface area contributed by atoms with Gasteiger partial charge in [-0.3, -0.25) is 0 Å². The van der Waals surface area contributed by atoms with Gasteiger partial charge in [-0.1, -0.05) is 13.8 Å². The molecule has 1 fully saturated rings. The van der Waals surface area contributed by atoms with Crippen molar-refractivity contribution in [3.05, 3.63) is 29.6 Å². The lowest BCUT2D eigenvalue weighted by Crippen LogP contribution is -2.37. The van der Waals surface area contributed by atoms with Gasteiger partial charge in [0.15, 0.2) is 17.5 Å². The van der Waals surface area contributed by atoms with Crippen molar-refractivity contribution in [2.24, 2.45) is 0 Å². The fourth-order valence-electron chi connectivity index (χ4n) is 2.33. The van der Waals surface area contributed by atoms with Crippen LogP contribution in [0.2, 0.25) is 0 Å². The average Bonchev–Trinajstić information content (AvgIpc) is 2.72. The van der Waals surface area contributed by atoms with Crippen LogP contribution in [0.25, 0.3) is 0 Å². The van der Waals surface area contributed by atoms with Crippen molar-refractivity contribution in [1.29, 1.82) is 0 Å². The molecular weight excluding hydrogens is 241 g/mol. The minimum absolute atomic E-state index is 0.307. The molecule has 1 heterocycles. The van der Waals surface area contributed by atoms with Crippen molar-refractivity contribution in [3.8, 4) is 0 Å². The molecule has 0 radical (unpaired) electrons. The molecule has 0 amide bonds. The van der Waals surface area contributed by atoms with Crippen LogP contribution in [0, 0.1) is 17.5 Å². The van der Waals surface area contributed by atoms with Gasteiger partial charge in [-0.15, -0.1) is 0 Å². The molecule has 1 saturated heterocycles. The van der Waals surface area contributed by atoms with Crippen LogP contribution < -0.4 is 10.2 Å². The lowest BCUT2D eigenvalue weighted by atomic mass is 10.2. The van der Waals surface area contributed by atoms with Gasteiger partial charge in [0.1, 0.15) is 0 Å². The van der Waals surface area contributed by atoms with Gasteiger partial charge in [0, 0.05) is 43.0 Å². The Morgan fingerprint density at radius 1 is 1.22 bits per heavy atom. The van der Waals surface area contributed by atoms with Crippen molar-refractivity contribution in [3.63, 3.8) is 0 Å². The molecule has 1 N–H and O–H groups in total. The van der Waals surface area contributed by atoms with Gasteiger partial charge in [-0.2, -0.15) is 0 Å². The maximum absolute atomic E-state index is 13.1. The molecule has 100 valence electrons. The molecule has 1 aliphatic heterocycles. The number of hydrogen-bond donors (Lipinski definition) is 1. The van der Waals surface area contributed by atoms with E-state index in [9.17, 15) is 13.2 Å². The average molecular weight is 258 g/mol. The molecule has 1 aliphatic rings. The minimum Gasteiger partial charge on any atom is -0.370 e. The van der Waals surface area contributed by atoms with Gasteiger partial charge in [0.2, 0.25) is 0 Å². The molecule has 1 unspecified atom stereocenters. The second kappa shape index (κ2) is 5.18. The van der Waals surface area contributed by atoms with Crippen LogP contribution in [0.5, 0.6) is 0 Å². The Bertz CT molecular complexity index is 411. The van der Waals surface area contributed by atoms with E-state index in [0.29, 0.717) is 24.3 Å². The molecule has 2 nitrogen and oxygen atoms in total. The Hall–Kier alpha value is -1.23. The highest BCUT2D eigenvalue weighted by molar-refractivity contribution is 5.48. The van der Waals surface area contributed by atoms with E-state index in [2.05, 4.69) is 19.2 Å². The molecule has 18 heavy (non-hydrogen) atoms. The number of anilines is 1. The molecule has 0 saturated carbocycles. The summed E-state index contributed by atoms with van der Waals surface area (Å²) in [4.78, 5) is 1.87. The van der Waals surface area contributed by atoms with Gasteiger partial charge < -0.3 is 10.2 Å². The fraction of sp³-hybridized carbons (Fsp3) is 0.538. The largest absolute Gasteiger partial charge is 0.370 e. The molecule has 1 aromatic carbocycles. The van der Waals surface area contributed by atoms with Gasteiger partial charge in [0.05, 0.1) is 0 Å². The Labute approximate surface area is 105 Å². The number of nitrogens with one attached hydrogen (secondary N) is 1. The number of nitrogens with zero attached hydrogens (tertiary/aromatic N) is 1. The Morgan fingerprint density at radius 3 is 2.39 bits per heavy atom. The van der Waals surface area contributed by atoms with E-state index in [-0.39, 0.29) is 0 Å². The van der Waals surface area contributed by atoms with Gasteiger partial charge in [0.25, 0.3) is 0 Å². The van der Waals surface area contributed by atoms with Crippen molar-refractivity contribution < 1.29 is 13.2 Å². The van der Waals surface area contributed by atoms with Gasteiger partial charge in [-0.05, 0) is 6.42 Å². The molecule has 0 aliphatic carbocycles. The highest BCUT2D eigenvalue weighted by Gasteiger charge is 2.24. The van der Waals surface area contributed by atoms with Crippen molar-refractivity contribution >= 4 is 5.69 Å². The first-order valence-corrected chi connectivity index (χ1v) is 6.13. The van der Waals surface area contributed by atoms with E-state index >= 15 is 0 Å². The van der Waals surface area contributed by atoms with Crippen LogP contribution in [0.3, 0.4) is 0 Å². The lowest BCUT2D eigenvalue weighted by Gasteiger charge is -2.20. The molecule has 0 bridgehead atoms. The standard InChI is InChI=1S/C13H17F3N2/c1-8(2)17-9-3-4-18(7-9)10-5-11(14)13(16)12(15)6-10/h5-6,8-9,17H,3-4,7H2,1-2H3. The second-order valence-corrected chi connectivity index (χ2v) is 4.98. The summed E-state index contributed by atoms with van der Waals surface area (Å²) in [6.07, 6.45) is 0.915. The second-order valence-electron chi connectivity index (χ2n) is 4.98. The van der Waals surface area contributed by atoms with Crippen LogP contribution in [0.1, 0.15) is 20.3 Å². The Morgan fingerprint density at radius 2 is 1.83 bits per heavy atom. The first-order chi connectivity index (χ1) is 8.47.